The topological polar surface area (TPSA) is 49.6 Å². The number of allylic oxidation sites excluding steroid dienone is 1. The summed E-state index contributed by atoms with van der Waals surface area (Å²) in [6.07, 6.45) is 1.99. The molecule has 0 aliphatic rings. The summed E-state index contributed by atoms with van der Waals surface area (Å²) in [4.78, 5) is 10.2. The van der Waals surface area contributed by atoms with Gasteiger partial charge in [0.05, 0.1) is 17.1 Å². The molecule has 0 aliphatic carbocycles. The first-order chi connectivity index (χ1) is 24.7. The third kappa shape index (κ3) is 6.41. The summed E-state index contributed by atoms with van der Waals surface area (Å²) in [6, 6.07) is 64.4. The molecule has 8 aromatic rings. The molecule has 0 atom stereocenters. The van der Waals surface area contributed by atoms with Gasteiger partial charge in [-0.25, -0.2) is 9.97 Å². The Morgan fingerprint density at radius 2 is 0.960 bits per heavy atom. The average molecular weight is 640 g/mol. The highest BCUT2D eigenvalue weighted by atomic mass is 14.9. The molecule has 0 aliphatic heterocycles. The van der Waals surface area contributed by atoms with Gasteiger partial charge in [0.15, 0.2) is 5.82 Å². The van der Waals surface area contributed by atoms with Crippen LogP contribution >= 0.6 is 0 Å². The van der Waals surface area contributed by atoms with E-state index in [4.69, 9.17) is 15.4 Å². The molecule has 0 saturated heterocycles. The largest absolute Gasteiger partial charge is 0.300 e. The maximum atomic E-state index is 9.03. The molecule has 0 saturated carbocycles. The van der Waals surface area contributed by atoms with Crippen LogP contribution in [0.3, 0.4) is 0 Å². The fourth-order valence-electron chi connectivity index (χ4n) is 6.39. The van der Waals surface area contributed by atoms with E-state index in [9.17, 15) is 0 Å². The van der Waals surface area contributed by atoms with Gasteiger partial charge in [0.25, 0.3) is 0 Å². The molecule has 0 unspecified atom stereocenters. The predicted molar refractivity (Wildman–Crippen MR) is 208 cm³/mol. The van der Waals surface area contributed by atoms with Crippen molar-refractivity contribution in [2.75, 3.05) is 0 Å². The smallest absolute Gasteiger partial charge is 0.160 e. The first-order valence-electron chi connectivity index (χ1n) is 16.7. The molecule has 0 amide bonds. The van der Waals surface area contributed by atoms with Crippen molar-refractivity contribution in [3.63, 3.8) is 0 Å². The van der Waals surface area contributed by atoms with Crippen molar-refractivity contribution in [2.45, 2.75) is 0 Å². The molecular formula is C47H33N3. The van der Waals surface area contributed by atoms with Gasteiger partial charge in [-0.15, -0.1) is 0 Å². The number of nitrogens with one attached hydrogen (secondary N) is 1. The van der Waals surface area contributed by atoms with Crippen LogP contribution in [-0.2, 0) is 0 Å². The van der Waals surface area contributed by atoms with Crippen LogP contribution in [0.15, 0.2) is 194 Å². The second-order valence-corrected chi connectivity index (χ2v) is 12.2. The second-order valence-electron chi connectivity index (χ2n) is 12.2. The molecule has 7 aromatic carbocycles. The van der Waals surface area contributed by atoms with Crippen molar-refractivity contribution in [1.82, 2.24) is 9.97 Å². The standard InChI is InChI=1S/C47H33N3/c48-44(36-19-9-3-10-20-36)31-43(34-17-7-2-8-18-34)41-26-14-23-35-27-28-40(30-42(35)41)46-32-45(49-47(50-46)37-21-11-4-12-22-37)39-25-13-24-38(29-39)33-15-5-1-6-16-33/h1-32,48H/b43-31-,48-44?. The molecule has 1 N–H and O–H groups in total. The van der Waals surface area contributed by atoms with Crippen LogP contribution in [0.5, 0.6) is 0 Å². The molecule has 1 heterocycles. The highest BCUT2D eigenvalue weighted by Gasteiger charge is 2.15. The number of aromatic nitrogens is 2. The van der Waals surface area contributed by atoms with Crippen LogP contribution in [0.25, 0.3) is 61.4 Å². The van der Waals surface area contributed by atoms with Crippen molar-refractivity contribution < 1.29 is 0 Å². The molecule has 3 heteroatoms. The normalized spacial score (nSPS) is 11.4. The Labute approximate surface area is 292 Å². The van der Waals surface area contributed by atoms with Gasteiger partial charge < -0.3 is 5.41 Å². The minimum atomic E-state index is 0.461. The van der Waals surface area contributed by atoms with Crippen molar-refractivity contribution in [3.8, 4) is 45.0 Å². The zero-order valence-corrected chi connectivity index (χ0v) is 27.4. The number of hydrogen-bond acceptors (Lipinski definition) is 3. The van der Waals surface area contributed by atoms with E-state index in [1.54, 1.807) is 0 Å². The van der Waals surface area contributed by atoms with Crippen LogP contribution in [0.2, 0.25) is 0 Å². The van der Waals surface area contributed by atoms with Gasteiger partial charge >= 0.3 is 0 Å². The van der Waals surface area contributed by atoms with Crippen LogP contribution < -0.4 is 0 Å². The van der Waals surface area contributed by atoms with Gasteiger partial charge in [-0.1, -0.05) is 170 Å². The Hall–Kier alpha value is -6.71. The predicted octanol–water partition coefficient (Wildman–Crippen LogP) is 11.8. The first-order valence-corrected chi connectivity index (χ1v) is 16.7. The molecule has 0 fully saturated rings. The van der Waals surface area contributed by atoms with E-state index in [-0.39, 0.29) is 0 Å². The Bertz CT molecular complexity index is 2470. The number of rotatable bonds is 8. The molecule has 1 aromatic heterocycles. The third-order valence-electron chi connectivity index (χ3n) is 8.95. The summed E-state index contributed by atoms with van der Waals surface area (Å²) in [6.45, 7) is 0. The van der Waals surface area contributed by atoms with Crippen LogP contribution in [0.1, 0.15) is 16.7 Å². The molecule has 0 spiro atoms. The lowest BCUT2D eigenvalue weighted by molar-refractivity contribution is 1.18. The first kappa shape index (κ1) is 30.6. The van der Waals surface area contributed by atoms with E-state index in [1.807, 2.05) is 78.9 Å². The van der Waals surface area contributed by atoms with Gasteiger partial charge in [0.1, 0.15) is 0 Å². The number of fused-ring (bicyclic) bond motifs is 1. The van der Waals surface area contributed by atoms with Gasteiger partial charge in [0.2, 0.25) is 0 Å². The van der Waals surface area contributed by atoms with E-state index in [2.05, 4.69) is 115 Å². The Balaban J connectivity index is 1.29. The second kappa shape index (κ2) is 13.8. The monoisotopic (exact) mass is 639 g/mol. The van der Waals surface area contributed by atoms with Gasteiger partial charge in [-0.2, -0.15) is 0 Å². The van der Waals surface area contributed by atoms with Crippen LogP contribution in [-0.4, -0.2) is 15.7 Å². The highest BCUT2D eigenvalue weighted by Crippen LogP contribution is 2.35. The van der Waals surface area contributed by atoms with Crippen LogP contribution in [0, 0.1) is 5.41 Å². The van der Waals surface area contributed by atoms with E-state index >= 15 is 0 Å². The zero-order chi connectivity index (χ0) is 33.7. The third-order valence-corrected chi connectivity index (χ3v) is 8.95. The highest BCUT2D eigenvalue weighted by molar-refractivity contribution is 6.13. The molecule has 0 bridgehead atoms. The van der Waals surface area contributed by atoms with E-state index in [0.29, 0.717) is 11.5 Å². The van der Waals surface area contributed by atoms with Gasteiger partial charge in [-0.05, 0) is 68.4 Å². The number of nitrogens with zero attached hydrogens (tertiary/aromatic N) is 2. The van der Waals surface area contributed by atoms with E-state index in [1.165, 1.54) is 0 Å². The molecule has 8 rings (SSSR count). The Morgan fingerprint density at radius 3 is 1.64 bits per heavy atom. The lowest BCUT2D eigenvalue weighted by atomic mass is 9.90. The SMILES string of the molecule is N=C(/C=C(/c1ccccc1)c1cccc2ccc(-c3cc(-c4cccc(-c5ccccc5)c4)nc(-c4ccccc4)n3)cc12)c1ccccc1. The number of benzene rings is 7. The Morgan fingerprint density at radius 1 is 0.420 bits per heavy atom. The maximum absolute atomic E-state index is 9.03. The van der Waals surface area contributed by atoms with E-state index < -0.39 is 0 Å². The van der Waals surface area contributed by atoms with Gasteiger partial charge in [-0.3, -0.25) is 0 Å². The summed E-state index contributed by atoms with van der Waals surface area (Å²) >= 11 is 0. The van der Waals surface area contributed by atoms with Crippen LogP contribution in [0.4, 0.5) is 0 Å². The summed E-state index contributed by atoms with van der Waals surface area (Å²) in [7, 11) is 0. The minimum Gasteiger partial charge on any atom is -0.300 e. The fraction of sp³-hybridized carbons (Fsp3) is 0. The molecule has 3 nitrogen and oxygen atoms in total. The Kier molecular flexibility index (Phi) is 8.45. The summed E-state index contributed by atoms with van der Waals surface area (Å²) < 4.78 is 0. The molecule has 236 valence electrons. The van der Waals surface area contributed by atoms with Crippen molar-refractivity contribution in [3.05, 3.63) is 211 Å². The molecule has 50 heavy (non-hydrogen) atoms. The summed E-state index contributed by atoms with van der Waals surface area (Å²) in [5.74, 6) is 0.678. The average Bonchev–Trinajstić information content (AvgIpc) is 3.20. The quantitative estimate of drug-likeness (QED) is 0.168. The van der Waals surface area contributed by atoms with Crippen molar-refractivity contribution >= 4 is 22.1 Å². The van der Waals surface area contributed by atoms with Crippen molar-refractivity contribution in [1.29, 1.82) is 5.41 Å². The lowest BCUT2D eigenvalue weighted by Crippen LogP contribution is -1.99. The number of hydrogen-bond donors (Lipinski definition) is 1. The fourth-order valence-corrected chi connectivity index (χ4v) is 6.39. The molecular weight excluding hydrogens is 607 g/mol. The summed E-state index contributed by atoms with van der Waals surface area (Å²) in [5.41, 5.74) is 11.4. The van der Waals surface area contributed by atoms with E-state index in [0.717, 1.165) is 72.2 Å². The maximum Gasteiger partial charge on any atom is 0.160 e. The summed E-state index contributed by atoms with van der Waals surface area (Å²) in [5, 5.41) is 11.2. The lowest BCUT2D eigenvalue weighted by Gasteiger charge is -2.15. The van der Waals surface area contributed by atoms with Gasteiger partial charge in [0, 0.05) is 16.7 Å². The van der Waals surface area contributed by atoms with Crippen molar-refractivity contribution in [2.24, 2.45) is 0 Å². The minimum absolute atomic E-state index is 0.461. The zero-order valence-electron chi connectivity index (χ0n) is 27.4. The molecule has 0 radical (unpaired) electrons.